The Morgan fingerprint density at radius 2 is 2.05 bits per heavy atom. The highest BCUT2D eigenvalue weighted by Gasteiger charge is 2.21. The van der Waals surface area contributed by atoms with Crippen LogP contribution in [-0.2, 0) is 4.74 Å². The monoisotopic (exact) mass is 326 g/mol. The van der Waals surface area contributed by atoms with Gasteiger partial charge in [-0.15, -0.1) is 0 Å². The van der Waals surface area contributed by atoms with Gasteiger partial charge in [0.05, 0.1) is 0 Å². The van der Waals surface area contributed by atoms with Crippen LogP contribution in [0.3, 0.4) is 0 Å². The lowest BCUT2D eigenvalue weighted by atomic mass is 10.0. The molecule has 1 aromatic carbocycles. The molecule has 1 amide bonds. The van der Waals surface area contributed by atoms with Gasteiger partial charge in [-0.25, -0.2) is 4.79 Å². The maximum absolute atomic E-state index is 11.5. The van der Waals surface area contributed by atoms with Crippen LogP contribution < -0.4 is 11.1 Å². The summed E-state index contributed by atoms with van der Waals surface area (Å²) < 4.78 is 5.05. The molecule has 2 atom stereocenters. The average molecular weight is 326 g/mol. The van der Waals surface area contributed by atoms with E-state index in [9.17, 15) is 15.0 Å². The summed E-state index contributed by atoms with van der Waals surface area (Å²) in [5.74, 6) is 0. The lowest BCUT2D eigenvalue weighted by Crippen LogP contribution is -2.38. The van der Waals surface area contributed by atoms with E-state index in [0.29, 0.717) is 11.1 Å². The van der Waals surface area contributed by atoms with Gasteiger partial charge >= 0.3 is 6.09 Å². The van der Waals surface area contributed by atoms with Crippen LogP contribution in [0.1, 0.15) is 38.0 Å². The van der Waals surface area contributed by atoms with Crippen molar-refractivity contribution < 1.29 is 19.7 Å². The number of rotatable bonds is 5. The van der Waals surface area contributed by atoms with Gasteiger partial charge < -0.3 is 26.0 Å². The zero-order chi connectivity index (χ0) is 16.9. The van der Waals surface area contributed by atoms with Gasteiger partial charge in [0.25, 0.3) is 0 Å². The summed E-state index contributed by atoms with van der Waals surface area (Å²) in [6.07, 6.45) is -3.02. The average Bonchev–Trinajstić information content (AvgIpc) is 2.42. The van der Waals surface area contributed by atoms with Crippen molar-refractivity contribution in [3.05, 3.63) is 35.4 Å². The lowest BCUT2D eigenvalue weighted by molar-refractivity contribution is 0.0129. The molecule has 1 rings (SSSR count). The van der Waals surface area contributed by atoms with Gasteiger partial charge in [-0.3, -0.25) is 0 Å². The van der Waals surface area contributed by atoms with Crippen LogP contribution in [0.4, 0.5) is 4.79 Å². The van der Waals surface area contributed by atoms with E-state index in [4.69, 9.17) is 22.7 Å². The molecule has 6 nitrogen and oxygen atoms in total. The van der Waals surface area contributed by atoms with Gasteiger partial charge in [0.2, 0.25) is 0 Å². The molecule has 0 radical (unpaired) electrons. The Bertz CT molecular complexity index is 543. The van der Waals surface area contributed by atoms with E-state index < -0.39 is 23.9 Å². The number of carbonyl (C=O) groups is 1. The number of aliphatic hydroxyl groups excluding tert-OH is 2. The quantitative estimate of drug-likeness (QED) is 0.607. The largest absolute Gasteiger partial charge is 0.444 e. The molecule has 2 unspecified atom stereocenters. The van der Waals surface area contributed by atoms with Gasteiger partial charge in [-0.05, 0) is 32.4 Å². The zero-order valence-corrected chi connectivity index (χ0v) is 13.7. The number of carbonyl (C=O) groups excluding carboxylic acids is 1. The van der Waals surface area contributed by atoms with E-state index in [-0.39, 0.29) is 11.5 Å². The Morgan fingerprint density at radius 1 is 1.41 bits per heavy atom. The summed E-state index contributed by atoms with van der Waals surface area (Å²) in [5, 5.41) is 22.5. The van der Waals surface area contributed by atoms with Crippen LogP contribution in [0, 0.1) is 0 Å². The van der Waals surface area contributed by atoms with Crippen LogP contribution in [0.2, 0.25) is 0 Å². The summed E-state index contributed by atoms with van der Waals surface area (Å²) in [6.45, 7) is 5.06. The summed E-state index contributed by atoms with van der Waals surface area (Å²) >= 11 is 4.87. The third-order valence-corrected chi connectivity index (χ3v) is 2.97. The third-order valence-electron chi connectivity index (χ3n) is 2.73. The molecular formula is C15H22N2O4S. The van der Waals surface area contributed by atoms with Gasteiger partial charge in [0.15, 0.2) is 0 Å². The molecule has 0 heterocycles. The molecule has 0 aromatic heterocycles. The van der Waals surface area contributed by atoms with Crippen molar-refractivity contribution >= 4 is 23.3 Å². The molecule has 122 valence electrons. The normalized spacial score (nSPS) is 14.0. The Hall–Kier alpha value is -1.70. The van der Waals surface area contributed by atoms with Crippen LogP contribution in [0.5, 0.6) is 0 Å². The zero-order valence-electron chi connectivity index (χ0n) is 12.9. The van der Waals surface area contributed by atoms with Crippen molar-refractivity contribution in [2.75, 3.05) is 6.54 Å². The van der Waals surface area contributed by atoms with Crippen molar-refractivity contribution in [1.29, 1.82) is 0 Å². The van der Waals surface area contributed by atoms with Crippen LogP contribution in [0.15, 0.2) is 24.3 Å². The first-order chi connectivity index (χ1) is 10.1. The molecule has 0 bridgehead atoms. The molecule has 0 saturated carbocycles. The number of amides is 1. The fourth-order valence-corrected chi connectivity index (χ4v) is 1.84. The molecule has 0 fully saturated rings. The Kier molecular flexibility index (Phi) is 6.28. The number of nitrogens with one attached hydrogen (secondary N) is 1. The number of thiocarbonyl (C=S) groups is 1. The minimum Gasteiger partial charge on any atom is -0.444 e. The van der Waals surface area contributed by atoms with Crippen molar-refractivity contribution in [3.63, 3.8) is 0 Å². The first kappa shape index (κ1) is 18.3. The summed E-state index contributed by atoms with van der Waals surface area (Å²) in [5.41, 5.74) is 5.96. The van der Waals surface area contributed by atoms with E-state index in [2.05, 4.69) is 5.32 Å². The highest BCUT2D eigenvalue weighted by Crippen LogP contribution is 2.18. The molecule has 0 spiro atoms. The Balaban J connectivity index is 2.62. The predicted molar refractivity (Wildman–Crippen MR) is 87.5 cm³/mol. The molecule has 1 aromatic rings. The van der Waals surface area contributed by atoms with Crippen LogP contribution in [-0.4, -0.2) is 39.5 Å². The molecular weight excluding hydrogens is 304 g/mol. The number of hydrogen-bond acceptors (Lipinski definition) is 5. The topological polar surface area (TPSA) is 105 Å². The summed E-state index contributed by atoms with van der Waals surface area (Å²) in [6, 6.07) is 6.64. The van der Waals surface area contributed by atoms with Crippen molar-refractivity contribution in [1.82, 2.24) is 5.32 Å². The fourth-order valence-electron chi connectivity index (χ4n) is 1.71. The van der Waals surface area contributed by atoms with E-state index >= 15 is 0 Å². The second-order valence-electron chi connectivity index (χ2n) is 5.88. The molecule has 7 heteroatoms. The fraction of sp³-hybridized carbons (Fsp3) is 0.467. The second-order valence-corrected chi connectivity index (χ2v) is 6.32. The van der Waals surface area contributed by atoms with Gasteiger partial charge in [0.1, 0.15) is 22.8 Å². The Labute approximate surface area is 135 Å². The second kappa shape index (κ2) is 7.53. The summed E-state index contributed by atoms with van der Waals surface area (Å²) in [7, 11) is 0. The predicted octanol–water partition coefficient (Wildman–Crippen LogP) is 1.24. The highest BCUT2D eigenvalue weighted by atomic mass is 32.1. The maximum Gasteiger partial charge on any atom is 0.407 e. The van der Waals surface area contributed by atoms with Crippen molar-refractivity contribution in [3.8, 4) is 0 Å². The molecule has 22 heavy (non-hydrogen) atoms. The van der Waals surface area contributed by atoms with Crippen molar-refractivity contribution in [2.24, 2.45) is 5.73 Å². The highest BCUT2D eigenvalue weighted by molar-refractivity contribution is 7.80. The molecule has 0 aliphatic rings. The number of aliphatic hydroxyl groups is 2. The number of hydrogen-bond donors (Lipinski definition) is 4. The molecule has 0 aliphatic heterocycles. The first-order valence-corrected chi connectivity index (χ1v) is 7.23. The maximum atomic E-state index is 11.5. The Morgan fingerprint density at radius 3 is 2.59 bits per heavy atom. The smallest absolute Gasteiger partial charge is 0.407 e. The SMILES string of the molecule is CC(C)(C)OC(=O)NCC(O)C(O)c1cccc(C(N)=S)c1. The van der Waals surface area contributed by atoms with E-state index in [1.807, 2.05) is 0 Å². The minimum absolute atomic E-state index is 0.145. The van der Waals surface area contributed by atoms with Gasteiger partial charge in [-0.2, -0.15) is 0 Å². The number of benzene rings is 1. The number of alkyl carbamates (subject to hydrolysis) is 1. The summed E-state index contributed by atoms with van der Waals surface area (Å²) in [4.78, 5) is 11.7. The standard InChI is InChI=1S/C15H22N2O4S/c1-15(2,3)21-14(20)17-8-11(18)12(19)9-5-4-6-10(7-9)13(16)22/h4-7,11-12,18-19H,8H2,1-3H3,(H2,16,22)(H,17,20). The van der Waals surface area contributed by atoms with E-state index in [0.717, 1.165) is 0 Å². The van der Waals surface area contributed by atoms with Crippen LogP contribution >= 0.6 is 12.2 Å². The molecule has 0 aliphatic carbocycles. The number of ether oxygens (including phenoxy) is 1. The minimum atomic E-state index is -1.19. The first-order valence-electron chi connectivity index (χ1n) is 6.83. The van der Waals surface area contributed by atoms with E-state index in [1.54, 1.807) is 45.0 Å². The third kappa shape index (κ3) is 5.97. The van der Waals surface area contributed by atoms with Gasteiger partial charge in [-0.1, -0.05) is 30.4 Å². The van der Waals surface area contributed by atoms with Crippen molar-refractivity contribution in [2.45, 2.75) is 38.6 Å². The molecule has 5 N–H and O–H groups in total. The van der Waals surface area contributed by atoms with Gasteiger partial charge in [0, 0.05) is 12.1 Å². The van der Waals surface area contributed by atoms with Crippen LogP contribution in [0.25, 0.3) is 0 Å². The lowest BCUT2D eigenvalue weighted by Gasteiger charge is -2.22. The van der Waals surface area contributed by atoms with E-state index in [1.165, 1.54) is 0 Å². The number of nitrogens with two attached hydrogens (primary N) is 1. The molecule has 0 saturated heterocycles.